The first-order chi connectivity index (χ1) is 8.38. The van der Waals surface area contributed by atoms with E-state index < -0.39 is 10.0 Å². The van der Waals surface area contributed by atoms with E-state index in [2.05, 4.69) is 19.7 Å². The zero-order chi connectivity index (χ0) is 13.3. The zero-order valence-electron chi connectivity index (χ0n) is 9.51. The van der Waals surface area contributed by atoms with Crippen molar-refractivity contribution in [2.45, 2.75) is 18.7 Å². The number of hydrogen-bond donors (Lipinski definition) is 1. The highest BCUT2D eigenvalue weighted by Gasteiger charge is 2.17. The SMILES string of the molecule is Cc1nc(NS(=O)(=O)c2cnc(Cl)nc2)sc1C. The van der Waals surface area contributed by atoms with E-state index in [-0.39, 0.29) is 10.2 Å². The van der Waals surface area contributed by atoms with E-state index in [1.165, 1.54) is 11.3 Å². The molecule has 2 aromatic heterocycles. The largest absolute Gasteiger partial charge is 0.266 e. The van der Waals surface area contributed by atoms with E-state index >= 15 is 0 Å². The lowest BCUT2D eigenvalue weighted by molar-refractivity contribution is 0.600. The number of hydrogen-bond acceptors (Lipinski definition) is 6. The maximum atomic E-state index is 12.0. The third-order valence-corrected chi connectivity index (χ3v) is 4.76. The molecule has 0 bridgehead atoms. The molecule has 2 aromatic rings. The minimum atomic E-state index is -3.72. The van der Waals surface area contributed by atoms with Crippen molar-refractivity contribution in [2.75, 3.05) is 4.72 Å². The van der Waals surface area contributed by atoms with Crippen molar-refractivity contribution in [3.63, 3.8) is 0 Å². The molecule has 0 saturated heterocycles. The summed E-state index contributed by atoms with van der Waals surface area (Å²) in [6.45, 7) is 3.69. The summed E-state index contributed by atoms with van der Waals surface area (Å²) >= 11 is 6.77. The van der Waals surface area contributed by atoms with Gasteiger partial charge >= 0.3 is 0 Å². The normalized spacial score (nSPS) is 11.5. The lowest BCUT2D eigenvalue weighted by atomic mass is 10.4. The molecule has 18 heavy (non-hydrogen) atoms. The monoisotopic (exact) mass is 304 g/mol. The number of halogens is 1. The third-order valence-electron chi connectivity index (χ3n) is 2.16. The van der Waals surface area contributed by atoms with Gasteiger partial charge in [0.05, 0.1) is 18.1 Å². The van der Waals surface area contributed by atoms with Crippen LogP contribution in [-0.4, -0.2) is 23.4 Å². The molecule has 96 valence electrons. The Morgan fingerprint density at radius 1 is 1.28 bits per heavy atom. The molecule has 2 heterocycles. The minimum absolute atomic E-state index is 0.00473. The molecule has 0 spiro atoms. The van der Waals surface area contributed by atoms with E-state index in [4.69, 9.17) is 11.6 Å². The van der Waals surface area contributed by atoms with Gasteiger partial charge in [0.25, 0.3) is 10.0 Å². The first-order valence-electron chi connectivity index (χ1n) is 4.83. The van der Waals surface area contributed by atoms with Crippen molar-refractivity contribution in [3.8, 4) is 0 Å². The van der Waals surface area contributed by atoms with Gasteiger partial charge in [0.2, 0.25) is 5.28 Å². The standard InChI is InChI=1S/C9H9ClN4O2S2/c1-5-6(2)17-9(13-5)14-18(15,16)7-3-11-8(10)12-4-7/h3-4H,1-2H3,(H,13,14). The fourth-order valence-electron chi connectivity index (χ4n) is 1.13. The van der Waals surface area contributed by atoms with Crippen LogP contribution in [0.4, 0.5) is 5.13 Å². The predicted octanol–water partition coefficient (Wildman–Crippen LogP) is 2.00. The van der Waals surface area contributed by atoms with Crippen LogP contribution in [0.5, 0.6) is 0 Å². The van der Waals surface area contributed by atoms with Crippen LogP contribution in [0.1, 0.15) is 10.6 Å². The number of anilines is 1. The van der Waals surface area contributed by atoms with Gasteiger partial charge in [-0.25, -0.2) is 23.4 Å². The summed E-state index contributed by atoms with van der Waals surface area (Å²) in [7, 11) is -3.72. The van der Waals surface area contributed by atoms with Crippen LogP contribution in [0.25, 0.3) is 0 Å². The molecule has 0 unspecified atom stereocenters. The Morgan fingerprint density at radius 2 is 1.89 bits per heavy atom. The summed E-state index contributed by atoms with van der Waals surface area (Å²) < 4.78 is 26.3. The quantitative estimate of drug-likeness (QED) is 0.877. The first-order valence-corrected chi connectivity index (χ1v) is 7.50. The lowest BCUT2D eigenvalue weighted by Gasteiger charge is -2.03. The molecule has 0 fully saturated rings. The average molecular weight is 305 g/mol. The Balaban J connectivity index is 2.29. The molecular formula is C9H9ClN4O2S2. The van der Waals surface area contributed by atoms with Gasteiger partial charge in [0, 0.05) is 4.88 Å². The third kappa shape index (κ3) is 2.77. The van der Waals surface area contributed by atoms with Crippen molar-refractivity contribution in [1.82, 2.24) is 15.0 Å². The van der Waals surface area contributed by atoms with Gasteiger partial charge in [-0.3, -0.25) is 4.72 Å². The molecule has 0 aliphatic carbocycles. The van der Waals surface area contributed by atoms with E-state index in [0.717, 1.165) is 23.0 Å². The van der Waals surface area contributed by atoms with Crippen molar-refractivity contribution in [3.05, 3.63) is 28.2 Å². The molecule has 2 rings (SSSR count). The van der Waals surface area contributed by atoms with Crippen molar-refractivity contribution in [1.29, 1.82) is 0 Å². The van der Waals surface area contributed by atoms with Crippen LogP contribution < -0.4 is 4.72 Å². The predicted molar refractivity (Wildman–Crippen MR) is 69.4 cm³/mol. The number of thiazole rings is 1. The van der Waals surface area contributed by atoms with Crippen LogP contribution in [-0.2, 0) is 10.0 Å². The molecule has 0 aromatic carbocycles. The highest BCUT2D eigenvalue weighted by molar-refractivity contribution is 7.93. The molecule has 0 aliphatic rings. The summed E-state index contributed by atoms with van der Waals surface area (Å²) in [5, 5.41) is 0.315. The first kappa shape index (κ1) is 13.2. The summed E-state index contributed by atoms with van der Waals surface area (Å²) in [6.07, 6.45) is 2.29. The molecule has 0 aliphatic heterocycles. The Bertz CT molecular complexity index is 647. The Morgan fingerprint density at radius 3 is 2.39 bits per heavy atom. The average Bonchev–Trinajstić information content (AvgIpc) is 2.57. The smallest absolute Gasteiger partial charge is 0.255 e. The fourth-order valence-corrected chi connectivity index (χ4v) is 3.17. The van der Waals surface area contributed by atoms with E-state index in [1.54, 1.807) is 0 Å². The summed E-state index contributed by atoms with van der Waals surface area (Å²) in [5.41, 5.74) is 0.796. The van der Waals surface area contributed by atoms with Crippen LogP contribution in [0.3, 0.4) is 0 Å². The lowest BCUT2D eigenvalue weighted by Crippen LogP contribution is -2.13. The second-order valence-electron chi connectivity index (χ2n) is 3.45. The molecule has 9 heteroatoms. The van der Waals surface area contributed by atoms with Gasteiger partial charge in [-0.1, -0.05) is 0 Å². The van der Waals surface area contributed by atoms with Gasteiger partial charge in [-0.2, -0.15) is 0 Å². The molecule has 1 N–H and O–H groups in total. The molecule has 0 amide bonds. The van der Waals surface area contributed by atoms with E-state index in [0.29, 0.717) is 5.13 Å². The highest BCUT2D eigenvalue weighted by Crippen LogP contribution is 2.23. The number of nitrogens with one attached hydrogen (secondary N) is 1. The van der Waals surface area contributed by atoms with Gasteiger partial charge < -0.3 is 0 Å². The van der Waals surface area contributed by atoms with E-state index in [9.17, 15) is 8.42 Å². The highest BCUT2D eigenvalue weighted by atomic mass is 35.5. The van der Waals surface area contributed by atoms with Gasteiger partial charge in [0.15, 0.2) is 5.13 Å². The van der Waals surface area contributed by atoms with Crippen molar-refractivity contribution in [2.24, 2.45) is 0 Å². The number of rotatable bonds is 3. The Hall–Kier alpha value is -1.25. The molecular weight excluding hydrogens is 296 g/mol. The van der Waals surface area contributed by atoms with Gasteiger partial charge in [-0.15, -0.1) is 11.3 Å². The molecule has 0 saturated carbocycles. The summed E-state index contributed by atoms with van der Waals surface area (Å²) in [5.74, 6) is 0. The van der Waals surface area contributed by atoms with Gasteiger partial charge in [0.1, 0.15) is 4.90 Å². The van der Waals surface area contributed by atoms with E-state index in [1.807, 2.05) is 13.8 Å². The minimum Gasteiger partial charge on any atom is -0.255 e. The molecule has 0 radical (unpaired) electrons. The fraction of sp³-hybridized carbons (Fsp3) is 0.222. The zero-order valence-corrected chi connectivity index (χ0v) is 11.9. The summed E-state index contributed by atoms with van der Waals surface area (Å²) in [4.78, 5) is 12.3. The molecule has 6 nitrogen and oxygen atoms in total. The van der Waals surface area contributed by atoms with Crippen LogP contribution in [0.2, 0.25) is 5.28 Å². The number of sulfonamides is 1. The summed E-state index contributed by atoms with van der Waals surface area (Å²) in [6, 6.07) is 0. The Kier molecular flexibility index (Phi) is 3.51. The topological polar surface area (TPSA) is 84.8 Å². The maximum Gasteiger partial charge on any atom is 0.266 e. The van der Waals surface area contributed by atoms with Gasteiger partial charge in [-0.05, 0) is 25.4 Å². The number of aryl methyl sites for hydroxylation is 2. The number of aromatic nitrogens is 3. The second-order valence-corrected chi connectivity index (χ2v) is 6.68. The number of nitrogens with zero attached hydrogens (tertiary/aromatic N) is 3. The van der Waals surface area contributed by atoms with Crippen molar-refractivity contribution >= 4 is 38.1 Å². The molecule has 0 atom stereocenters. The van der Waals surface area contributed by atoms with Crippen molar-refractivity contribution < 1.29 is 8.42 Å². The second kappa shape index (κ2) is 4.79. The Labute approximate surface area is 113 Å². The van der Waals surface area contributed by atoms with Crippen LogP contribution in [0.15, 0.2) is 17.3 Å². The van der Waals surface area contributed by atoms with Crippen LogP contribution >= 0.6 is 22.9 Å². The van der Waals surface area contributed by atoms with Crippen LogP contribution in [0, 0.1) is 13.8 Å². The maximum absolute atomic E-state index is 12.0.